The number of methoxy groups -OCH3 is 1. The van der Waals surface area contributed by atoms with Crippen molar-refractivity contribution in [2.24, 2.45) is 0 Å². The zero-order chi connectivity index (χ0) is 15.6. The largest absolute Gasteiger partial charge is 0.377 e. The van der Waals surface area contributed by atoms with Crippen LogP contribution in [0.15, 0.2) is 12.7 Å². The van der Waals surface area contributed by atoms with Crippen LogP contribution < -0.4 is 0 Å². The maximum atomic E-state index is 5.29. The molecule has 0 N–H and O–H groups in total. The zero-order valence-corrected chi connectivity index (χ0v) is 14.9. The summed E-state index contributed by atoms with van der Waals surface area (Å²) in [5.41, 5.74) is 0. The van der Waals surface area contributed by atoms with Crippen molar-refractivity contribution in [3.8, 4) is 0 Å². The van der Waals surface area contributed by atoms with E-state index in [1.54, 1.807) is 7.11 Å². The van der Waals surface area contributed by atoms with Crippen LogP contribution in [-0.2, 0) is 4.74 Å². The lowest BCUT2D eigenvalue weighted by molar-refractivity contribution is 0.131. The average molecular weight is 297 g/mol. The minimum absolute atomic E-state index is 0.266. The summed E-state index contributed by atoms with van der Waals surface area (Å²) in [5.74, 6) is 0. The van der Waals surface area contributed by atoms with Gasteiger partial charge in [-0.15, -0.1) is 6.58 Å². The van der Waals surface area contributed by atoms with Crippen molar-refractivity contribution in [2.75, 3.05) is 7.11 Å². The van der Waals surface area contributed by atoms with Gasteiger partial charge in [0.05, 0.1) is 6.10 Å². The number of hydrogen-bond acceptors (Lipinski definition) is 1. The maximum Gasteiger partial charge on any atom is 0.0749 e. The minimum Gasteiger partial charge on any atom is -0.377 e. The first kappa shape index (κ1) is 20.7. The van der Waals surface area contributed by atoms with E-state index in [4.69, 9.17) is 4.74 Å². The number of ether oxygens (including phenoxy) is 1. The van der Waals surface area contributed by atoms with Gasteiger partial charge < -0.3 is 4.74 Å². The van der Waals surface area contributed by atoms with Gasteiger partial charge in [0.1, 0.15) is 0 Å². The molecule has 0 aromatic heterocycles. The Morgan fingerprint density at radius 1 is 0.714 bits per heavy atom. The second-order valence-electron chi connectivity index (χ2n) is 6.39. The van der Waals surface area contributed by atoms with Crippen molar-refractivity contribution < 1.29 is 4.74 Å². The molecule has 0 aliphatic rings. The number of rotatable bonds is 17. The fourth-order valence-corrected chi connectivity index (χ4v) is 2.87. The summed E-state index contributed by atoms with van der Waals surface area (Å²) in [6.07, 6.45) is 23.2. The lowest BCUT2D eigenvalue weighted by Gasteiger charge is -2.09. The minimum atomic E-state index is 0.266. The molecule has 126 valence electrons. The van der Waals surface area contributed by atoms with Crippen molar-refractivity contribution in [2.45, 2.75) is 109 Å². The molecule has 0 aromatic carbocycles. The molecule has 0 rings (SSSR count). The zero-order valence-electron chi connectivity index (χ0n) is 14.9. The van der Waals surface area contributed by atoms with E-state index in [1.165, 1.54) is 89.9 Å². The Morgan fingerprint density at radius 2 is 1.10 bits per heavy atom. The predicted octanol–water partition coefficient (Wildman–Crippen LogP) is 7.06. The van der Waals surface area contributed by atoms with Crippen LogP contribution in [0.5, 0.6) is 0 Å². The molecule has 1 heteroatoms. The lowest BCUT2D eigenvalue weighted by Crippen LogP contribution is -2.05. The molecule has 0 radical (unpaired) electrons. The smallest absolute Gasteiger partial charge is 0.0749 e. The Kier molecular flexibility index (Phi) is 17.5. The summed E-state index contributed by atoms with van der Waals surface area (Å²) in [4.78, 5) is 0. The molecule has 0 saturated carbocycles. The number of hydrogen-bond donors (Lipinski definition) is 0. The first-order chi connectivity index (χ1) is 10.3. The second-order valence-corrected chi connectivity index (χ2v) is 6.39. The van der Waals surface area contributed by atoms with Gasteiger partial charge >= 0.3 is 0 Å². The molecule has 1 unspecified atom stereocenters. The highest BCUT2D eigenvalue weighted by Gasteiger charge is 2.00. The van der Waals surface area contributed by atoms with Crippen LogP contribution in [0.3, 0.4) is 0 Å². The van der Waals surface area contributed by atoms with Gasteiger partial charge in [-0.05, 0) is 6.42 Å². The van der Waals surface area contributed by atoms with E-state index in [9.17, 15) is 0 Å². The maximum absolute atomic E-state index is 5.29. The summed E-state index contributed by atoms with van der Waals surface area (Å²) in [5, 5.41) is 0. The molecule has 0 bridgehead atoms. The standard InChI is InChI=1S/C20H40O/c1-4-6-7-8-9-10-11-12-13-14-15-16-17-18-19-20(5-2)21-3/h5,20H,2,4,6-19H2,1,3H3. The Morgan fingerprint density at radius 3 is 1.43 bits per heavy atom. The van der Waals surface area contributed by atoms with E-state index < -0.39 is 0 Å². The van der Waals surface area contributed by atoms with Gasteiger partial charge in [-0.3, -0.25) is 0 Å². The molecule has 0 aliphatic heterocycles. The van der Waals surface area contributed by atoms with Gasteiger partial charge in [-0.25, -0.2) is 0 Å². The van der Waals surface area contributed by atoms with Gasteiger partial charge in [0, 0.05) is 7.11 Å². The number of unbranched alkanes of at least 4 members (excludes halogenated alkanes) is 13. The highest BCUT2D eigenvalue weighted by molar-refractivity contribution is 4.79. The topological polar surface area (TPSA) is 9.23 Å². The van der Waals surface area contributed by atoms with Crippen LogP contribution >= 0.6 is 0 Å². The Hall–Kier alpha value is -0.300. The van der Waals surface area contributed by atoms with Crippen LogP contribution in [0.1, 0.15) is 103 Å². The molecule has 1 atom stereocenters. The average Bonchev–Trinajstić information content (AvgIpc) is 2.51. The van der Waals surface area contributed by atoms with Crippen LogP contribution in [0, 0.1) is 0 Å². The fourth-order valence-electron chi connectivity index (χ4n) is 2.87. The Labute approximate surface area is 134 Å². The summed E-state index contributed by atoms with van der Waals surface area (Å²) >= 11 is 0. The molecule has 0 fully saturated rings. The fraction of sp³-hybridized carbons (Fsp3) is 0.900. The quantitative estimate of drug-likeness (QED) is 0.206. The van der Waals surface area contributed by atoms with E-state index in [0.29, 0.717) is 0 Å². The van der Waals surface area contributed by atoms with Gasteiger partial charge in [-0.2, -0.15) is 0 Å². The van der Waals surface area contributed by atoms with Crippen LogP contribution in [-0.4, -0.2) is 13.2 Å². The molecule has 0 aromatic rings. The molecule has 0 aliphatic carbocycles. The van der Waals surface area contributed by atoms with E-state index in [1.807, 2.05) is 6.08 Å². The van der Waals surface area contributed by atoms with Gasteiger partial charge in [0.15, 0.2) is 0 Å². The summed E-state index contributed by atoms with van der Waals surface area (Å²) in [6.45, 7) is 6.08. The molecular formula is C20H40O. The molecule has 0 spiro atoms. The Balaban J connectivity index is 3.04. The third-order valence-electron chi connectivity index (χ3n) is 4.41. The van der Waals surface area contributed by atoms with Crippen molar-refractivity contribution in [1.29, 1.82) is 0 Å². The molecule has 0 saturated heterocycles. The molecule has 0 amide bonds. The van der Waals surface area contributed by atoms with Crippen LogP contribution in [0.2, 0.25) is 0 Å². The van der Waals surface area contributed by atoms with Gasteiger partial charge in [0.25, 0.3) is 0 Å². The molecule has 0 heterocycles. The lowest BCUT2D eigenvalue weighted by atomic mass is 10.0. The predicted molar refractivity (Wildman–Crippen MR) is 95.9 cm³/mol. The second kappa shape index (κ2) is 17.8. The van der Waals surface area contributed by atoms with Gasteiger partial charge in [0.2, 0.25) is 0 Å². The van der Waals surface area contributed by atoms with Crippen LogP contribution in [0.25, 0.3) is 0 Å². The van der Waals surface area contributed by atoms with Crippen molar-refractivity contribution in [3.63, 3.8) is 0 Å². The highest BCUT2D eigenvalue weighted by Crippen LogP contribution is 2.14. The van der Waals surface area contributed by atoms with Crippen molar-refractivity contribution in [1.82, 2.24) is 0 Å². The van der Waals surface area contributed by atoms with E-state index in [0.717, 1.165) is 6.42 Å². The third kappa shape index (κ3) is 15.9. The third-order valence-corrected chi connectivity index (χ3v) is 4.41. The first-order valence-corrected chi connectivity index (χ1v) is 9.50. The molecule has 21 heavy (non-hydrogen) atoms. The van der Waals surface area contributed by atoms with E-state index in [-0.39, 0.29) is 6.10 Å². The van der Waals surface area contributed by atoms with Crippen molar-refractivity contribution in [3.05, 3.63) is 12.7 Å². The van der Waals surface area contributed by atoms with Crippen molar-refractivity contribution >= 4 is 0 Å². The summed E-state index contributed by atoms with van der Waals surface area (Å²) in [6, 6.07) is 0. The molecule has 1 nitrogen and oxygen atoms in total. The first-order valence-electron chi connectivity index (χ1n) is 9.50. The van der Waals surface area contributed by atoms with E-state index in [2.05, 4.69) is 13.5 Å². The summed E-state index contributed by atoms with van der Waals surface area (Å²) in [7, 11) is 1.77. The Bertz CT molecular complexity index is 200. The monoisotopic (exact) mass is 296 g/mol. The van der Waals surface area contributed by atoms with Gasteiger partial charge in [-0.1, -0.05) is 103 Å². The normalized spacial score (nSPS) is 12.5. The molecular weight excluding hydrogens is 256 g/mol. The SMILES string of the molecule is C=CC(CCCCCCCCCCCCCCCC)OC. The van der Waals surface area contributed by atoms with E-state index >= 15 is 0 Å². The highest BCUT2D eigenvalue weighted by atomic mass is 16.5. The van der Waals surface area contributed by atoms with Crippen LogP contribution in [0.4, 0.5) is 0 Å². The summed E-state index contributed by atoms with van der Waals surface area (Å²) < 4.78 is 5.29.